The monoisotopic (exact) mass is 736 g/mol. The number of carbonyl (C=O) groups is 1. The van der Waals surface area contributed by atoms with E-state index in [1.807, 2.05) is 0 Å². The van der Waals surface area contributed by atoms with Gasteiger partial charge < -0.3 is 59.1 Å². The third-order valence-electron chi connectivity index (χ3n) is 15.5. The first-order valence-electron chi connectivity index (χ1n) is 19.8. The molecule has 7 fully saturated rings. The van der Waals surface area contributed by atoms with Crippen LogP contribution in [0.4, 0.5) is 0 Å². The first kappa shape index (κ1) is 37.7. The fraction of sp³-hybridized carbons (Fsp3) is 0.923. The van der Waals surface area contributed by atoms with Crippen molar-refractivity contribution < 1.29 is 63.9 Å². The van der Waals surface area contributed by atoms with Gasteiger partial charge >= 0.3 is 5.97 Å². The summed E-state index contributed by atoms with van der Waals surface area (Å²) in [6, 6.07) is 0. The highest BCUT2D eigenvalue weighted by Crippen LogP contribution is 2.70. The minimum absolute atomic E-state index is 0.00604. The van der Waals surface area contributed by atoms with E-state index in [2.05, 4.69) is 33.8 Å². The van der Waals surface area contributed by atoms with Crippen molar-refractivity contribution in [1.29, 1.82) is 0 Å². The zero-order chi connectivity index (χ0) is 37.1. The van der Waals surface area contributed by atoms with Crippen LogP contribution in [-0.2, 0) is 33.2 Å². The predicted molar refractivity (Wildman–Crippen MR) is 182 cm³/mol. The van der Waals surface area contributed by atoms with E-state index in [-0.39, 0.29) is 23.0 Å². The number of aliphatic hydroxyl groups excluding tert-OH is 5. The van der Waals surface area contributed by atoms with Gasteiger partial charge in [0.05, 0.1) is 24.9 Å². The Bertz CT molecular complexity index is 1380. The number of hydrogen-bond acceptors (Lipinski definition) is 12. The van der Waals surface area contributed by atoms with Gasteiger partial charge in [0.15, 0.2) is 24.5 Å². The molecule has 13 nitrogen and oxygen atoms in total. The highest BCUT2D eigenvalue weighted by atomic mass is 16.8. The SMILES string of the molecule is CC1CCC2(OC1)OC1CC3C4CC=C5CC(OC6OC(C(=O)O)C(O)C(O)C6OC6OC(C)C(O)C(O)C6O)CCC5(C)C4CCC3(C)C1C2C. The molecule has 13 heteroatoms. The molecule has 4 aliphatic heterocycles. The van der Waals surface area contributed by atoms with Crippen LogP contribution in [0.5, 0.6) is 0 Å². The molecule has 4 saturated heterocycles. The highest BCUT2D eigenvalue weighted by molar-refractivity contribution is 5.73. The summed E-state index contributed by atoms with van der Waals surface area (Å²) >= 11 is 0. The maximum absolute atomic E-state index is 12.0. The standard InChI is InChI=1S/C39H60O13/c1-17-8-13-39(47-16-17)18(2)26-25(52-39)15-24-22-7-6-20-14-21(9-11-37(20,4)23(22)10-12-38(24,26)5)49-36-33(30(43)29(42)32(50-36)34(45)46)51-35-31(44)28(41)27(40)19(3)48-35/h6,17-19,21-33,35-36,40-44H,7-16H2,1-5H3,(H,45,46). The second-order valence-corrected chi connectivity index (χ2v) is 18.3. The van der Waals surface area contributed by atoms with Gasteiger partial charge in [-0.1, -0.05) is 39.3 Å². The van der Waals surface area contributed by atoms with E-state index in [1.165, 1.54) is 18.9 Å². The molecule has 4 aliphatic carbocycles. The van der Waals surface area contributed by atoms with Crippen molar-refractivity contribution in [3.05, 3.63) is 11.6 Å². The molecule has 21 atom stereocenters. The lowest BCUT2D eigenvalue weighted by Crippen LogP contribution is -2.65. The molecule has 3 saturated carbocycles. The molecule has 0 aromatic heterocycles. The fourth-order valence-electron chi connectivity index (χ4n) is 12.5. The summed E-state index contributed by atoms with van der Waals surface area (Å²) in [4.78, 5) is 12.0. The van der Waals surface area contributed by atoms with Gasteiger partial charge in [-0.25, -0.2) is 4.79 Å². The van der Waals surface area contributed by atoms with Crippen LogP contribution < -0.4 is 0 Å². The molecule has 294 valence electrons. The largest absolute Gasteiger partial charge is 0.479 e. The Kier molecular flexibility index (Phi) is 9.76. The third-order valence-corrected chi connectivity index (χ3v) is 15.5. The third kappa shape index (κ3) is 5.78. The Morgan fingerprint density at radius 1 is 0.846 bits per heavy atom. The Balaban J connectivity index is 0.973. The van der Waals surface area contributed by atoms with Gasteiger partial charge in [0.25, 0.3) is 0 Å². The first-order valence-corrected chi connectivity index (χ1v) is 19.8. The Morgan fingerprint density at radius 2 is 1.62 bits per heavy atom. The van der Waals surface area contributed by atoms with Gasteiger partial charge in [0, 0.05) is 12.3 Å². The Labute approximate surface area is 305 Å². The van der Waals surface area contributed by atoms with Crippen LogP contribution in [0.1, 0.15) is 92.4 Å². The van der Waals surface area contributed by atoms with Crippen molar-refractivity contribution >= 4 is 5.97 Å². The van der Waals surface area contributed by atoms with Gasteiger partial charge in [0.1, 0.15) is 36.6 Å². The number of ether oxygens (including phenoxy) is 6. The molecule has 0 amide bonds. The molecule has 8 rings (SSSR count). The number of rotatable bonds is 5. The Hall–Kier alpha value is -1.23. The predicted octanol–water partition coefficient (Wildman–Crippen LogP) is 2.48. The van der Waals surface area contributed by atoms with Gasteiger partial charge in [-0.2, -0.15) is 0 Å². The lowest BCUT2D eigenvalue weighted by atomic mass is 9.47. The molecule has 0 aromatic rings. The molecule has 52 heavy (non-hydrogen) atoms. The first-order chi connectivity index (χ1) is 24.6. The Morgan fingerprint density at radius 3 is 2.33 bits per heavy atom. The van der Waals surface area contributed by atoms with Crippen LogP contribution in [0.2, 0.25) is 0 Å². The lowest BCUT2D eigenvalue weighted by molar-refractivity contribution is -0.366. The van der Waals surface area contributed by atoms with Crippen molar-refractivity contribution in [1.82, 2.24) is 0 Å². The minimum Gasteiger partial charge on any atom is -0.479 e. The number of carboxylic acid groups (broad SMARTS) is 1. The average Bonchev–Trinajstić information content (AvgIpc) is 3.56. The smallest absolute Gasteiger partial charge is 0.335 e. The van der Waals surface area contributed by atoms with E-state index < -0.39 is 73.2 Å². The van der Waals surface area contributed by atoms with Gasteiger partial charge in [-0.15, -0.1) is 0 Å². The summed E-state index contributed by atoms with van der Waals surface area (Å²) in [5.41, 5.74) is 1.54. The summed E-state index contributed by atoms with van der Waals surface area (Å²) < 4.78 is 37.1. The summed E-state index contributed by atoms with van der Waals surface area (Å²) in [5.74, 6) is 1.25. The second kappa shape index (κ2) is 13.5. The highest BCUT2D eigenvalue weighted by Gasteiger charge is 2.69. The van der Waals surface area contributed by atoms with Crippen molar-refractivity contribution in [2.45, 2.75) is 172 Å². The van der Waals surface area contributed by atoms with Crippen LogP contribution in [0.25, 0.3) is 0 Å². The van der Waals surface area contributed by atoms with Crippen molar-refractivity contribution in [2.24, 2.45) is 46.3 Å². The zero-order valence-electron chi connectivity index (χ0n) is 31.1. The number of aliphatic hydroxyl groups is 5. The van der Waals surface area contributed by atoms with Crippen LogP contribution in [0.3, 0.4) is 0 Å². The molecular weight excluding hydrogens is 676 g/mol. The normalized spacial score (nSPS) is 57.4. The summed E-state index contributed by atoms with van der Waals surface area (Å²) in [6.45, 7) is 11.9. The molecule has 21 unspecified atom stereocenters. The van der Waals surface area contributed by atoms with Gasteiger partial charge in [-0.3, -0.25) is 0 Å². The molecule has 0 bridgehead atoms. The van der Waals surface area contributed by atoms with E-state index in [0.717, 1.165) is 45.1 Å². The topological polar surface area (TPSA) is 194 Å². The maximum Gasteiger partial charge on any atom is 0.335 e. The molecule has 0 radical (unpaired) electrons. The van der Waals surface area contributed by atoms with Crippen LogP contribution in [0, 0.1) is 46.3 Å². The summed E-state index contributed by atoms with van der Waals surface area (Å²) in [6.07, 6.45) is -4.33. The van der Waals surface area contributed by atoms with Crippen molar-refractivity contribution in [3.8, 4) is 0 Å². The average molecular weight is 737 g/mol. The van der Waals surface area contributed by atoms with Gasteiger partial charge in [0.2, 0.25) is 0 Å². The number of hydrogen-bond donors (Lipinski definition) is 6. The van der Waals surface area contributed by atoms with Crippen LogP contribution in [-0.4, -0.2) is 123 Å². The number of carboxylic acids is 1. The second-order valence-electron chi connectivity index (χ2n) is 18.3. The molecule has 4 heterocycles. The quantitative estimate of drug-likeness (QED) is 0.226. The van der Waals surface area contributed by atoms with Crippen LogP contribution >= 0.6 is 0 Å². The van der Waals surface area contributed by atoms with E-state index in [0.29, 0.717) is 48.3 Å². The molecule has 8 aliphatic rings. The van der Waals surface area contributed by atoms with Crippen LogP contribution in [0.15, 0.2) is 11.6 Å². The number of allylic oxidation sites excluding steroid dienone is 1. The van der Waals surface area contributed by atoms with Gasteiger partial charge in [-0.05, 0) is 98.7 Å². The van der Waals surface area contributed by atoms with E-state index >= 15 is 0 Å². The zero-order valence-corrected chi connectivity index (χ0v) is 31.1. The summed E-state index contributed by atoms with van der Waals surface area (Å²) in [7, 11) is 0. The maximum atomic E-state index is 12.0. The minimum atomic E-state index is -1.85. The molecule has 0 aromatic carbocycles. The molecule has 6 N–H and O–H groups in total. The van der Waals surface area contributed by atoms with E-state index in [4.69, 9.17) is 28.4 Å². The van der Waals surface area contributed by atoms with Crippen molar-refractivity contribution in [3.63, 3.8) is 0 Å². The molecule has 1 spiro atoms. The summed E-state index contributed by atoms with van der Waals surface area (Å²) in [5, 5.41) is 62.6. The number of fused-ring (bicyclic) bond motifs is 7. The van der Waals surface area contributed by atoms with E-state index in [1.54, 1.807) is 0 Å². The fourth-order valence-corrected chi connectivity index (χ4v) is 12.5. The lowest BCUT2D eigenvalue weighted by Gasteiger charge is -2.58. The van der Waals surface area contributed by atoms with Crippen molar-refractivity contribution in [2.75, 3.05) is 6.61 Å². The van der Waals surface area contributed by atoms with E-state index in [9.17, 15) is 35.4 Å². The molecular formula is C39H60O13. The number of aliphatic carboxylic acids is 1.